The molecule has 0 spiro atoms. The van der Waals surface area contributed by atoms with Crippen molar-refractivity contribution in [3.8, 4) is 0 Å². The van der Waals surface area contributed by atoms with Crippen LogP contribution in [0.4, 0.5) is 0 Å². The van der Waals surface area contributed by atoms with Gasteiger partial charge in [0, 0.05) is 5.57 Å². The third kappa shape index (κ3) is 5.00. The Hall–Kier alpha value is -1.32. The molecule has 13 heavy (non-hydrogen) atoms. The van der Waals surface area contributed by atoms with Crippen molar-refractivity contribution in [2.24, 2.45) is 5.92 Å². The average Bonchev–Trinajstić information content (AvgIpc) is 2.00. The normalized spacial score (nSPS) is 11.5. The third-order valence-electron chi connectivity index (χ3n) is 1.32. The fourth-order valence-electron chi connectivity index (χ4n) is 0.896. The van der Waals surface area contributed by atoms with E-state index in [1.54, 1.807) is 6.08 Å². The Morgan fingerprint density at radius 1 is 1.46 bits per heavy atom. The molecular weight excluding hydrogens is 172 g/mol. The van der Waals surface area contributed by atoms with Gasteiger partial charge in [0.1, 0.15) is 0 Å². The fraction of sp³-hybridized carbons (Fsp3) is 0.556. The number of hydrogen-bond acceptors (Lipinski definition) is 3. The van der Waals surface area contributed by atoms with Crippen molar-refractivity contribution in [3.05, 3.63) is 11.6 Å². The highest BCUT2D eigenvalue weighted by Gasteiger charge is 2.13. The summed E-state index contributed by atoms with van der Waals surface area (Å²) in [6.45, 7) is 3.73. The molecule has 0 amide bonds. The summed E-state index contributed by atoms with van der Waals surface area (Å²) in [5, 5.41) is 8.49. The summed E-state index contributed by atoms with van der Waals surface area (Å²) in [4.78, 5) is 21.4. The minimum atomic E-state index is -1.03. The smallest absolute Gasteiger partial charge is 0.334 e. The van der Waals surface area contributed by atoms with Crippen molar-refractivity contribution in [1.82, 2.24) is 0 Å². The number of methoxy groups -OCH3 is 1. The van der Waals surface area contributed by atoms with Crippen molar-refractivity contribution >= 4 is 11.9 Å². The Labute approximate surface area is 77.2 Å². The van der Waals surface area contributed by atoms with E-state index in [0.29, 0.717) is 0 Å². The molecule has 0 aliphatic heterocycles. The molecule has 4 nitrogen and oxygen atoms in total. The molecule has 0 aromatic heterocycles. The number of carbonyl (C=O) groups is 2. The molecule has 0 fully saturated rings. The number of carbonyl (C=O) groups excluding carboxylic acids is 1. The molecule has 0 bridgehead atoms. The molecular formula is C9H14O4. The van der Waals surface area contributed by atoms with E-state index in [1.807, 2.05) is 13.8 Å². The second kappa shape index (κ2) is 5.35. The van der Waals surface area contributed by atoms with Crippen LogP contribution in [0.25, 0.3) is 0 Å². The predicted octanol–water partition coefficient (Wildman–Crippen LogP) is 1.22. The maximum absolute atomic E-state index is 11.0. The highest BCUT2D eigenvalue weighted by Crippen LogP contribution is 2.08. The summed E-state index contributed by atoms with van der Waals surface area (Å²) >= 11 is 0. The van der Waals surface area contributed by atoms with Gasteiger partial charge in [-0.2, -0.15) is 0 Å². The van der Waals surface area contributed by atoms with Crippen molar-refractivity contribution in [2.45, 2.75) is 20.3 Å². The highest BCUT2D eigenvalue weighted by atomic mass is 16.5. The zero-order chi connectivity index (χ0) is 10.4. The first kappa shape index (κ1) is 11.7. The molecule has 0 heterocycles. The number of allylic oxidation sites excluding steroid dienone is 1. The maximum Gasteiger partial charge on any atom is 0.334 e. The topological polar surface area (TPSA) is 63.6 Å². The summed E-state index contributed by atoms with van der Waals surface area (Å²) in [7, 11) is 1.23. The highest BCUT2D eigenvalue weighted by molar-refractivity contribution is 5.93. The average molecular weight is 186 g/mol. The van der Waals surface area contributed by atoms with Gasteiger partial charge in [-0.15, -0.1) is 0 Å². The standard InChI is InChI=1S/C9H14O4/c1-6(2)4-7(5-8(10)11)9(12)13-3/h4,6H,5H2,1-3H3,(H,10,11)/b7-4-. The van der Waals surface area contributed by atoms with Crippen molar-refractivity contribution in [1.29, 1.82) is 0 Å². The molecule has 0 aliphatic carbocycles. The molecule has 1 N–H and O–H groups in total. The minimum absolute atomic E-state index is 0.133. The molecule has 0 aromatic carbocycles. The number of carboxylic acid groups (broad SMARTS) is 1. The van der Waals surface area contributed by atoms with Crippen LogP contribution in [-0.4, -0.2) is 24.2 Å². The van der Waals surface area contributed by atoms with Crippen LogP contribution in [0.5, 0.6) is 0 Å². The SMILES string of the molecule is COC(=O)/C(=C\C(C)C)CC(=O)O. The first-order chi connectivity index (χ1) is 5.97. The second-order valence-electron chi connectivity index (χ2n) is 3.00. The van der Waals surface area contributed by atoms with Crippen molar-refractivity contribution < 1.29 is 19.4 Å². The van der Waals surface area contributed by atoms with Gasteiger partial charge < -0.3 is 9.84 Å². The Balaban J connectivity index is 4.55. The summed E-state index contributed by atoms with van der Waals surface area (Å²) in [5.74, 6) is -1.47. The zero-order valence-electron chi connectivity index (χ0n) is 8.03. The van der Waals surface area contributed by atoms with E-state index < -0.39 is 11.9 Å². The van der Waals surface area contributed by atoms with Gasteiger partial charge in [0.2, 0.25) is 0 Å². The molecule has 0 saturated carbocycles. The van der Waals surface area contributed by atoms with Crippen LogP contribution in [0.2, 0.25) is 0 Å². The lowest BCUT2D eigenvalue weighted by molar-refractivity contribution is -0.141. The van der Waals surface area contributed by atoms with Crippen LogP contribution >= 0.6 is 0 Å². The lowest BCUT2D eigenvalue weighted by Crippen LogP contribution is -2.10. The van der Waals surface area contributed by atoms with E-state index >= 15 is 0 Å². The van der Waals surface area contributed by atoms with Gasteiger partial charge in [0.05, 0.1) is 13.5 Å². The van der Waals surface area contributed by atoms with Gasteiger partial charge in [0.25, 0.3) is 0 Å². The van der Waals surface area contributed by atoms with E-state index in [1.165, 1.54) is 7.11 Å². The van der Waals surface area contributed by atoms with Gasteiger partial charge in [-0.3, -0.25) is 4.79 Å². The quantitative estimate of drug-likeness (QED) is 0.529. The van der Waals surface area contributed by atoms with Crippen LogP contribution in [-0.2, 0) is 14.3 Å². The molecule has 0 radical (unpaired) electrons. The maximum atomic E-state index is 11.0. The number of rotatable bonds is 4. The van der Waals surface area contributed by atoms with Crippen molar-refractivity contribution in [2.75, 3.05) is 7.11 Å². The number of hydrogen-bond donors (Lipinski definition) is 1. The van der Waals surface area contributed by atoms with E-state index in [4.69, 9.17) is 5.11 Å². The van der Waals surface area contributed by atoms with E-state index in [2.05, 4.69) is 4.74 Å². The molecule has 74 valence electrons. The Morgan fingerprint density at radius 2 is 2.00 bits per heavy atom. The van der Waals surface area contributed by atoms with Crippen molar-refractivity contribution in [3.63, 3.8) is 0 Å². The van der Waals surface area contributed by atoms with E-state index in [9.17, 15) is 9.59 Å². The van der Waals surface area contributed by atoms with E-state index in [0.717, 1.165) is 0 Å². The lowest BCUT2D eigenvalue weighted by atomic mass is 10.1. The number of esters is 1. The number of aliphatic carboxylic acids is 1. The monoisotopic (exact) mass is 186 g/mol. The third-order valence-corrected chi connectivity index (χ3v) is 1.32. The number of carboxylic acids is 1. The molecule has 4 heteroatoms. The first-order valence-electron chi connectivity index (χ1n) is 3.98. The molecule has 0 aliphatic rings. The summed E-state index contributed by atoms with van der Waals surface area (Å²) < 4.78 is 4.44. The Kier molecular flexibility index (Phi) is 4.80. The molecule has 0 saturated heterocycles. The van der Waals surface area contributed by atoms with Gasteiger partial charge in [-0.25, -0.2) is 4.79 Å². The van der Waals surface area contributed by atoms with Crippen LogP contribution in [0, 0.1) is 5.92 Å². The van der Waals surface area contributed by atoms with Gasteiger partial charge in [-0.05, 0) is 5.92 Å². The summed E-state index contributed by atoms with van der Waals surface area (Å²) in [6, 6.07) is 0. The van der Waals surface area contributed by atoms with Gasteiger partial charge >= 0.3 is 11.9 Å². The molecule has 0 rings (SSSR count). The van der Waals surface area contributed by atoms with Crippen LogP contribution in [0.15, 0.2) is 11.6 Å². The summed E-state index contributed by atoms with van der Waals surface area (Å²) in [5.41, 5.74) is 0.199. The van der Waals surface area contributed by atoms with E-state index in [-0.39, 0.29) is 17.9 Å². The Morgan fingerprint density at radius 3 is 2.31 bits per heavy atom. The lowest BCUT2D eigenvalue weighted by Gasteiger charge is -2.03. The zero-order valence-corrected chi connectivity index (χ0v) is 8.03. The van der Waals surface area contributed by atoms with Gasteiger partial charge in [0.15, 0.2) is 0 Å². The van der Waals surface area contributed by atoms with Crippen LogP contribution in [0.1, 0.15) is 20.3 Å². The predicted molar refractivity (Wildman–Crippen MR) is 47.2 cm³/mol. The minimum Gasteiger partial charge on any atom is -0.481 e. The van der Waals surface area contributed by atoms with Crippen LogP contribution in [0.3, 0.4) is 0 Å². The van der Waals surface area contributed by atoms with Gasteiger partial charge in [-0.1, -0.05) is 19.9 Å². The molecule has 0 unspecified atom stereocenters. The second-order valence-corrected chi connectivity index (χ2v) is 3.00. The fourth-order valence-corrected chi connectivity index (χ4v) is 0.896. The first-order valence-corrected chi connectivity index (χ1v) is 3.98. The Bertz CT molecular complexity index is 228. The number of ether oxygens (including phenoxy) is 1. The van der Waals surface area contributed by atoms with Crippen LogP contribution < -0.4 is 0 Å². The molecule has 0 atom stereocenters. The molecule has 0 aromatic rings. The summed E-state index contributed by atoms with van der Waals surface area (Å²) in [6.07, 6.45) is 1.31. The largest absolute Gasteiger partial charge is 0.481 e.